The molecule has 2 aliphatic rings. The van der Waals surface area contributed by atoms with Crippen molar-refractivity contribution in [3.05, 3.63) is 18.0 Å². The fraction of sp³-hybridized carbons (Fsp3) is 0.750. The SMILES string of the molecule is Cc1cnn(C[C@H]2CCCN2CC(=O)NC2CCOCC2)c1. The monoisotopic (exact) mass is 306 g/mol. The van der Waals surface area contributed by atoms with E-state index in [1.165, 1.54) is 5.56 Å². The molecule has 0 aromatic carbocycles. The molecule has 2 aliphatic heterocycles. The molecule has 1 aromatic heterocycles. The average molecular weight is 306 g/mol. The van der Waals surface area contributed by atoms with Crippen LogP contribution < -0.4 is 5.32 Å². The summed E-state index contributed by atoms with van der Waals surface area (Å²) in [6.45, 7) is 5.95. The Bertz CT molecular complexity index is 496. The molecule has 0 spiro atoms. The lowest BCUT2D eigenvalue weighted by atomic mass is 10.1. The van der Waals surface area contributed by atoms with E-state index in [0.29, 0.717) is 12.6 Å². The van der Waals surface area contributed by atoms with Gasteiger partial charge in [-0.15, -0.1) is 0 Å². The van der Waals surface area contributed by atoms with E-state index in [4.69, 9.17) is 4.74 Å². The number of likely N-dealkylation sites (tertiary alicyclic amines) is 1. The Labute approximate surface area is 131 Å². The van der Waals surface area contributed by atoms with E-state index in [1.54, 1.807) is 0 Å². The Morgan fingerprint density at radius 3 is 2.95 bits per heavy atom. The molecule has 1 amide bonds. The summed E-state index contributed by atoms with van der Waals surface area (Å²) in [5.41, 5.74) is 1.18. The van der Waals surface area contributed by atoms with Crippen LogP contribution >= 0.6 is 0 Å². The molecule has 0 saturated carbocycles. The van der Waals surface area contributed by atoms with E-state index >= 15 is 0 Å². The van der Waals surface area contributed by atoms with Crippen LogP contribution in [0.2, 0.25) is 0 Å². The van der Waals surface area contributed by atoms with Gasteiger partial charge in [0.05, 0.1) is 19.3 Å². The van der Waals surface area contributed by atoms with Crippen molar-refractivity contribution in [3.63, 3.8) is 0 Å². The van der Waals surface area contributed by atoms with Crippen molar-refractivity contribution in [1.29, 1.82) is 0 Å². The van der Waals surface area contributed by atoms with Crippen molar-refractivity contribution in [3.8, 4) is 0 Å². The lowest BCUT2D eigenvalue weighted by Gasteiger charge is -2.27. The number of nitrogens with zero attached hydrogens (tertiary/aromatic N) is 3. The van der Waals surface area contributed by atoms with Crippen LogP contribution in [0, 0.1) is 6.92 Å². The number of carbonyl (C=O) groups excluding carboxylic acids is 1. The van der Waals surface area contributed by atoms with Gasteiger partial charge >= 0.3 is 0 Å². The summed E-state index contributed by atoms with van der Waals surface area (Å²) < 4.78 is 7.32. The quantitative estimate of drug-likeness (QED) is 0.880. The zero-order valence-corrected chi connectivity index (χ0v) is 13.3. The molecular formula is C16H26N4O2. The van der Waals surface area contributed by atoms with E-state index in [9.17, 15) is 4.79 Å². The summed E-state index contributed by atoms with van der Waals surface area (Å²) in [6, 6.07) is 0.704. The van der Waals surface area contributed by atoms with Gasteiger partial charge in [0.25, 0.3) is 0 Å². The molecule has 0 radical (unpaired) electrons. The van der Waals surface area contributed by atoms with E-state index in [0.717, 1.165) is 52.0 Å². The van der Waals surface area contributed by atoms with E-state index in [2.05, 4.69) is 28.4 Å². The molecule has 122 valence electrons. The second kappa shape index (κ2) is 7.24. The largest absolute Gasteiger partial charge is 0.381 e. The highest BCUT2D eigenvalue weighted by atomic mass is 16.5. The zero-order valence-electron chi connectivity index (χ0n) is 13.3. The molecule has 3 rings (SSSR count). The normalized spacial score (nSPS) is 23.8. The van der Waals surface area contributed by atoms with E-state index in [-0.39, 0.29) is 11.9 Å². The Morgan fingerprint density at radius 2 is 2.23 bits per heavy atom. The summed E-state index contributed by atoms with van der Waals surface area (Å²) in [6.07, 6.45) is 8.12. The first-order valence-electron chi connectivity index (χ1n) is 8.31. The lowest BCUT2D eigenvalue weighted by molar-refractivity contribution is -0.123. The van der Waals surface area contributed by atoms with Crippen LogP contribution in [0.5, 0.6) is 0 Å². The minimum atomic E-state index is 0.149. The fourth-order valence-corrected chi connectivity index (χ4v) is 3.39. The molecule has 6 nitrogen and oxygen atoms in total. The topological polar surface area (TPSA) is 59.4 Å². The van der Waals surface area contributed by atoms with Crippen molar-refractivity contribution in [1.82, 2.24) is 20.0 Å². The highest BCUT2D eigenvalue weighted by molar-refractivity contribution is 5.78. The lowest BCUT2D eigenvalue weighted by Crippen LogP contribution is -2.46. The number of amides is 1. The third-order valence-electron chi connectivity index (χ3n) is 4.59. The fourth-order valence-electron chi connectivity index (χ4n) is 3.39. The molecule has 3 heterocycles. The maximum absolute atomic E-state index is 12.3. The maximum Gasteiger partial charge on any atom is 0.234 e. The van der Waals surface area contributed by atoms with Crippen LogP contribution in [-0.2, 0) is 16.1 Å². The number of rotatable bonds is 5. The number of ether oxygens (including phenoxy) is 1. The van der Waals surface area contributed by atoms with Crippen LogP contribution in [0.1, 0.15) is 31.2 Å². The Hall–Kier alpha value is -1.40. The van der Waals surface area contributed by atoms with Crippen molar-refractivity contribution in [2.24, 2.45) is 0 Å². The summed E-state index contributed by atoms with van der Waals surface area (Å²) in [5.74, 6) is 0.149. The maximum atomic E-state index is 12.3. The van der Waals surface area contributed by atoms with Gasteiger partial charge in [-0.25, -0.2) is 0 Å². The summed E-state index contributed by atoms with van der Waals surface area (Å²) in [4.78, 5) is 14.6. The molecule has 22 heavy (non-hydrogen) atoms. The van der Waals surface area contributed by atoms with Crippen molar-refractivity contribution >= 4 is 5.91 Å². The molecule has 0 unspecified atom stereocenters. The van der Waals surface area contributed by atoms with Gasteiger partial charge < -0.3 is 10.1 Å². The molecule has 6 heteroatoms. The molecule has 2 saturated heterocycles. The van der Waals surface area contributed by atoms with Gasteiger partial charge in [-0.05, 0) is 44.7 Å². The zero-order chi connectivity index (χ0) is 15.4. The van der Waals surface area contributed by atoms with Crippen molar-refractivity contribution in [2.75, 3.05) is 26.3 Å². The van der Waals surface area contributed by atoms with Gasteiger partial charge in [0, 0.05) is 31.5 Å². The number of carbonyl (C=O) groups is 1. The molecule has 0 aliphatic carbocycles. The Kier molecular flexibility index (Phi) is 5.10. The van der Waals surface area contributed by atoms with Crippen LogP contribution in [0.15, 0.2) is 12.4 Å². The van der Waals surface area contributed by atoms with E-state index in [1.807, 2.05) is 10.9 Å². The molecular weight excluding hydrogens is 280 g/mol. The molecule has 1 atom stereocenters. The van der Waals surface area contributed by atoms with Crippen molar-refractivity contribution < 1.29 is 9.53 Å². The first-order valence-corrected chi connectivity index (χ1v) is 8.31. The summed E-state index contributed by atoms with van der Waals surface area (Å²) in [5, 5.41) is 7.51. The number of nitrogens with one attached hydrogen (secondary N) is 1. The van der Waals surface area contributed by atoms with Gasteiger partial charge in [-0.1, -0.05) is 0 Å². The number of aromatic nitrogens is 2. The summed E-state index contributed by atoms with van der Waals surface area (Å²) in [7, 11) is 0. The summed E-state index contributed by atoms with van der Waals surface area (Å²) >= 11 is 0. The Balaban J connectivity index is 1.48. The molecule has 2 fully saturated rings. The Morgan fingerprint density at radius 1 is 1.41 bits per heavy atom. The van der Waals surface area contributed by atoms with Gasteiger partial charge in [-0.2, -0.15) is 5.10 Å². The van der Waals surface area contributed by atoms with Gasteiger partial charge in [0.1, 0.15) is 0 Å². The van der Waals surface area contributed by atoms with Crippen LogP contribution in [0.4, 0.5) is 0 Å². The first-order chi connectivity index (χ1) is 10.7. The van der Waals surface area contributed by atoms with Crippen molar-refractivity contribution in [2.45, 2.75) is 51.2 Å². The standard InChI is InChI=1S/C16H26N4O2/c1-13-9-17-20(10-13)11-15-3-2-6-19(15)12-16(21)18-14-4-7-22-8-5-14/h9-10,14-15H,2-8,11-12H2,1H3,(H,18,21)/t15-/m1/s1. The van der Waals surface area contributed by atoms with Gasteiger partial charge in [0.15, 0.2) is 0 Å². The van der Waals surface area contributed by atoms with Crippen LogP contribution in [0.3, 0.4) is 0 Å². The minimum absolute atomic E-state index is 0.149. The minimum Gasteiger partial charge on any atom is -0.381 e. The van der Waals surface area contributed by atoms with E-state index < -0.39 is 0 Å². The highest BCUT2D eigenvalue weighted by Crippen LogP contribution is 2.18. The van der Waals surface area contributed by atoms with Crippen LogP contribution in [0.25, 0.3) is 0 Å². The number of hydrogen-bond acceptors (Lipinski definition) is 4. The third kappa shape index (κ3) is 4.08. The van der Waals surface area contributed by atoms with Gasteiger partial charge in [-0.3, -0.25) is 14.4 Å². The smallest absolute Gasteiger partial charge is 0.234 e. The highest BCUT2D eigenvalue weighted by Gasteiger charge is 2.27. The van der Waals surface area contributed by atoms with Gasteiger partial charge in [0.2, 0.25) is 5.91 Å². The molecule has 1 aromatic rings. The second-order valence-corrected chi connectivity index (χ2v) is 6.46. The molecule has 1 N–H and O–H groups in total. The van der Waals surface area contributed by atoms with Crippen LogP contribution in [-0.4, -0.2) is 59.0 Å². The average Bonchev–Trinajstić information content (AvgIpc) is 3.10. The third-order valence-corrected chi connectivity index (χ3v) is 4.59. The predicted molar refractivity (Wildman–Crippen MR) is 83.5 cm³/mol. The predicted octanol–water partition coefficient (Wildman–Crippen LogP) is 0.951. The second-order valence-electron chi connectivity index (χ2n) is 6.46. The first kappa shape index (κ1) is 15.5. The molecule has 0 bridgehead atoms. The number of hydrogen-bond donors (Lipinski definition) is 1. The number of aryl methyl sites for hydroxylation is 1.